The van der Waals surface area contributed by atoms with Crippen LogP contribution in [0, 0.1) is 0 Å². The highest BCUT2D eigenvalue weighted by atomic mass is 35.5. The van der Waals surface area contributed by atoms with Gasteiger partial charge in [-0.15, -0.1) is 0 Å². The summed E-state index contributed by atoms with van der Waals surface area (Å²) in [5, 5.41) is 22.8. The minimum atomic E-state index is -0.698. The van der Waals surface area contributed by atoms with Crippen molar-refractivity contribution >= 4 is 23.2 Å². The topological polar surface area (TPSA) is 61.7 Å². The van der Waals surface area contributed by atoms with Gasteiger partial charge in [-0.3, -0.25) is 0 Å². The molecule has 0 aromatic heterocycles. The monoisotopic (exact) mass is 307 g/mol. The minimum absolute atomic E-state index is 0.0820. The molecule has 1 aromatic carbocycles. The number of para-hydroxylation sites is 1. The standard InChI is InChI=1S/C13H19Cl2NO3/c1-2-9(17)6-16-7-10(18)8-19-13-11(14)4-3-5-12(13)15/h3-5,9-10,16-18H,2,6-8H2,1H3. The van der Waals surface area contributed by atoms with Crippen LogP contribution >= 0.6 is 23.2 Å². The van der Waals surface area contributed by atoms with Gasteiger partial charge < -0.3 is 20.3 Å². The third-order valence-corrected chi connectivity index (χ3v) is 3.17. The van der Waals surface area contributed by atoms with Crippen LogP contribution in [-0.2, 0) is 0 Å². The SMILES string of the molecule is CCC(O)CNCC(O)COc1c(Cl)cccc1Cl. The summed E-state index contributed by atoms with van der Waals surface area (Å²) in [4.78, 5) is 0. The maximum Gasteiger partial charge on any atom is 0.156 e. The van der Waals surface area contributed by atoms with E-state index in [1.54, 1.807) is 18.2 Å². The maximum absolute atomic E-state index is 9.72. The Kier molecular flexibility index (Phi) is 7.49. The molecule has 3 N–H and O–H groups in total. The highest BCUT2D eigenvalue weighted by Crippen LogP contribution is 2.32. The van der Waals surface area contributed by atoms with Crippen LogP contribution in [0.3, 0.4) is 0 Å². The van der Waals surface area contributed by atoms with Crippen LogP contribution in [0.2, 0.25) is 10.0 Å². The Morgan fingerprint density at radius 2 is 1.74 bits per heavy atom. The number of hydrogen-bond acceptors (Lipinski definition) is 4. The molecule has 0 spiro atoms. The summed E-state index contributed by atoms with van der Waals surface area (Å²) < 4.78 is 5.40. The summed E-state index contributed by atoms with van der Waals surface area (Å²) >= 11 is 11.9. The number of halogens is 2. The highest BCUT2D eigenvalue weighted by Gasteiger charge is 2.10. The Hall–Kier alpha value is -0.520. The molecule has 0 heterocycles. The molecule has 0 aliphatic rings. The van der Waals surface area contributed by atoms with Crippen molar-refractivity contribution in [2.24, 2.45) is 0 Å². The molecule has 2 atom stereocenters. The predicted molar refractivity (Wildman–Crippen MR) is 77.1 cm³/mol. The lowest BCUT2D eigenvalue weighted by atomic mass is 10.2. The molecule has 0 saturated carbocycles. The molecule has 0 radical (unpaired) electrons. The summed E-state index contributed by atoms with van der Waals surface area (Å²) in [6.45, 7) is 2.75. The van der Waals surface area contributed by atoms with E-state index in [-0.39, 0.29) is 6.61 Å². The van der Waals surface area contributed by atoms with Gasteiger partial charge in [-0.25, -0.2) is 0 Å². The number of rotatable bonds is 8. The van der Waals surface area contributed by atoms with Gasteiger partial charge in [-0.05, 0) is 18.6 Å². The van der Waals surface area contributed by atoms with Crippen LogP contribution < -0.4 is 10.1 Å². The molecule has 0 aliphatic heterocycles. The van der Waals surface area contributed by atoms with Crippen molar-refractivity contribution in [3.8, 4) is 5.75 Å². The van der Waals surface area contributed by atoms with Crippen molar-refractivity contribution in [1.82, 2.24) is 5.32 Å². The van der Waals surface area contributed by atoms with E-state index in [1.807, 2.05) is 6.92 Å². The molecule has 0 fully saturated rings. The molecule has 19 heavy (non-hydrogen) atoms. The summed E-state index contributed by atoms with van der Waals surface area (Å²) in [5.41, 5.74) is 0. The van der Waals surface area contributed by atoms with Crippen molar-refractivity contribution in [3.63, 3.8) is 0 Å². The Labute approximate surface area is 123 Å². The largest absolute Gasteiger partial charge is 0.488 e. The fourth-order valence-corrected chi connectivity index (χ4v) is 1.93. The fourth-order valence-electron chi connectivity index (χ4n) is 1.42. The van der Waals surface area contributed by atoms with Gasteiger partial charge in [0.1, 0.15) is 12.7 Å². The van der Waals surface area contributed by atoms with Gasteiger partial charge in [0, 0.05) is 13.1 Å². The van der Waals surface area contributed by atoms with E-state index in [2.05, 4.69) is 5.32 Å². The maximum atomic E-state index is 9.72. The zero-order chi connectivity index (χ0) is 14.3. The second-order valence-corrected chi connectivity index (χ2v) is 5.05. The van der Waals surface area contributed by atoms with Crippen LogP contribution in [0.25, 0.3) is 0 Å². The van der Waals surface area contributed by atoms with Gasteiger partial charge in [-0.1, -0.05) is 36.2 Å². The minimum Gasteiger partial charge on any atom is -0.488 e. The first-order valence-electron chi connectivity index (χ1n) is 6.18. The number of aliphatic hydroxyl groups is 2. The third-order valence-electron chi connectivity index (χ3n) is 2.57. The molecule has 4 nitrogen and oxygen atoms in total. The van der Waals surface area contributed by atoms with E-state index in [4.69, 9.17) is 27.9 Å². The van der Waals surface area contributed by atoms with E-state index >= 15 is 0 Å². The molecule has 1 aromatic rings. The Bertz CT molecular complexity index is 370. The quantitative estimate of drug-likeness (QED) is 0.688. The van der Waals surface area contributed by atoms with Gasteiger partial charge in [0.25, 0.3) is 0 Å². The average molecular weight is 308 g/mol. The zero-order valence-corrected chi connectivity index (χ0v) is 12.3. The van der Waals surface area contributed by atoms with Gasteiger partial charge in [-0.2, -0.15) is 0 Å². The molecule has 0 amide bonds. The molecule has 1 rings (SSSR count). The number of nitrogens with one attached hydrogen (secondary N) is 1. The molecule has 6 heteroatoms. The van der Waals surface area contributed by atoms with Crippen LogP contribution in [0.1, 0.15) is 13.3 Å². The molecular formula is C13H19Cl2NO3. The first kappa shape index (κ1) is 16.5. The second kappa shape index (κ2) is 8.61. The van der Waals surface area contributed by atoms with Crippen LogP contribution in [0.5, 0.6) is 5.75 Å². The molecule has 0 aliphatic carbocycles. The van der Waals surface area contributed by atoms with Crippen molar-refractivity contribution in [3.05, 3.63) is 28.2 Å². The first-order chi connectivity index (χ1) is 9.04. The van der Waals surface area contributed by atoms with E-state index in [9.17, 15) is 10.2 Å². The average Bonchev–Trinajstić information content (AvgIpc) is 2.38. The molecular weight excluding hydrogens is 289 g/mol. The molecule has 108 valence electrons. The van der Waals surface area contributed by atoms with Crippen molar-refractivity contribution in [1.29, 1.82) is 0 Å². The molecule has 0 saturated heterocycles. The Morgan fingerprint density at radius 1 is 1.16 bits per heavy atom. The number of hydrogen-bond donors (Lipinski definition) is 3. The van der Waals surface area contributed by atoms with E-state index in [0.29, 0.717) is 35.3 Å². The lowest BCUT2D eigenvalue weighted by Crippen LogP contribution is -2.35. The fraction of sp³-hybridized carbons (Fsp3) is 0.538. The summed E-state index contributed by atoms with van der Waals surface area (Å²) in [6, 6.07) is 5.07. The highest BCUT2D eigenvalue weighted by molar-refractivity contribution is 6.37. The van der Waals surface area contributed by atoms with Gasteiger partial charge in [0.05, 0.1) is 16.1 Å². The Morgan fingerprint density at radius 3 is 2.32 bits per heavy atom. The van der Waals surface area contributed by atoms with Gasteiger partial charge in [0.15, 0.2) is 5.75 Å². The van der Waals surface area contributed by atoms with Crippen LogP contribution in [0.15, 0.2) is 18.2 Å². The third kappa shape index (κ3) is 5.97. The Balaban J connectivity index is 2.32. The van der Waals surface area contributed by atoms with E-state index < -0.39 is 12.2 Å². The van der Waals surface area contributed by atoms with Crippen LogP contribution in [0.4, 0.5) is 0 Å². The first-order valence-corrected chi connectivity index (χ1v) is 6.93. The number of benzene rings is 1. The van der Waals surface area contributed by atoms with Crippen LogP contribution in [-0.4, -0.2) is 42.1 Å². The van der Waals surface area contributed by atoms with Crippen molar-refractivity contribution < 1.29 is 14.9 Å². The van der Waals surface area contributed by atoms with E-state index in [1.165, 1.54) is 0 Å². The molecule has 0 bridgehead atoms. The second-order valence-electron chi connectivity index (χ2n) is 4.24. The summed E-state index contributed by atoms with van der Waals surface area (Å²) in [5.74, 6) is 0.374. The van der Waals surface area contributed by atoms with Crippen molar-refractivity contribution in [2.75, 3.05) is 19.7 Å². The normalized spacial score (nSPS) is 14.2. The predicted octanol–water partition coefficient (Wildman–Crippen LogP) is 2.09. The smallest absolute Gasteiger partial charge is 0.156 e. The lowest BCUT2D eigenvalue weighted by Gasteiger charge is -2.16. The molecule has 2 unspecified atom stereocenters. The summed E-state index contributed by atoms with van der Waals surface area (Å²) in [6.07, 6.45) is -0.419. The lowest BCUT2D eigenvalue weighted by molar-refractivity contribution is 0.0992. The van der Waals surface area contributed by atoms with E-state index in [0.717, 1.165) is 0 Å². The van der Waals surface area contributed by atoms with Crippen molar-refractivity contribution in [2.45, 2.75) is 25.6 Å². The number of ether oxygens (including phenoxy) is 1. The summed E-state index contributed by atoms with van der Waals surface area (Å²) in [7, 11) is 0. The zero-order valence-electron chi connectivity index (χ0n) is 10.8. The number of aliphatic hydroxyl groups excluding tert-OH is 2. The van der Waals surface area contributed by atoms with Gasteiger partial charge in [0.2, 0.25) is 0 Å². The van der Waals surface area contributed by atoms with Gasteiger partial charge >= 0.3 is 0 Å².